The van der Waals surface area contributed by atoms with Crippen molar-refractivity contribution in [2.45, 2.75) is 31.1 Å². The minimum Gasteiger partial charge on any atom is -0.497 e. The zero-order valence-electron chi connectivity index (χ0n) is 13.7. The van der Waals surface area contributed by atoms with Gasteiger partial charge >= 0.3 is 0 Å². The van der Waals surface area contributed by atoms with Gasteiger partial charge < -0.3 is 10.1 Å². The van der Waals surface area contributed by atoms with Gasteiger partial charge in [-0.05, 0) is 65.9 Å². The van der Waals surface area contributed by atoms with Gasteiger partial charge in [-0.1, -0.05) is 24.3 Å². The minimum absolute atomic E-state index is 0.176. The maximum absolute atomic E-state index is 14.9. The molecule has 1 aliphatic carbocycles. The highest BCUT2D eigenvalue weighted by Gasteiger charge is 2.49. The number of hydrogen-bond acceptors (Lipinski definition) is 2. The molecule has 1 N–H and O–H groups in total. The molecule has 0 aromatic heterocycles. The first-order valence-electron chi connectivity index (χ1n) is 8.46. The summed E-state index contributed by atoms with van der Waals surface area (Å²) in [6, 6.07) is 11.1. The predicted molar refractivity (Wildman–Crippen MR) is 90.2 cm³/mol. The number of halogens is 2. The van der Waals surface area contributed by atoms with E-state index in [0.717, 1.165) is 42.6 Å². The second kappa shape index (κ2) is 5.85. The first-order chi connectivity index (χ1) is 11.6. The summed E-state index contributed by atoms with van der Waals surface area (Å²) in [5, 5.41) is 3.37. The maximum Gasteiger partial charge on any atom is 0.262 e. The van der Waals surface area contributed by atoms with Crippen molar-refractivity contribution >= 4 is 0 Å². The Kier molecular flexibility index (Phi) is 3.80. The highest BCUT2D eigenvalue weighted by molar-refractivity contribution is 5.54. The molecule has 0 radical (unpaired) electrons. The predicted octanol–water partition coefficient (Wildman–Crippen LogP) is 3.71. The van der Waals surface area contributed by atoms with Crippen LogP contribution in [0, 0.1) is 0 Å². The van der Waals surface area contributed by atoms with Crippen molar-refractivity contribution in [1.82, 2.24) is 5.32 Å². The lowest BCUT2D eigenvalue weighted by atomic mass is 9.85. The Morgan fingerprint density at radius 1 is 1.08 bits per heavy atom. The monoisotopic (exact) mass is 329 g/mol. The molecule has 4 heteroatoms. The number of alkyl halides is 2. The Balaban J connectivity index is 1.89. The van der Waals surface area contributed by atoms with E-state index in [1.165, 1.54) is 5.56 Å². The SMILES string of the molecule is COc1cccc(C2c3c(ccc4c3CCNCC4)CC2(F)F)c1. The Morgan fingerprint density at radius 3 is 2.71 bits per heavy atom. The zero-order valence-corrected chi connectivity index (χ0v) is 13.7. The van der Waals surface area contributed by atoms with Crippen LogP contribution in [0.1, 0.15) is 33.7 Å². The second-order valence-corrected chi connectivity index (χ2v) is 6.67. The van der Waals surface area contributed by atoms with Crippen molar-refractivity contribution in [3.63, 3.8) is 0 Å². The van der Waals surface area contributed by atoms with Crippen LogP contribution in [0.15, 0.2) is 36.4 Å². The van der Waals surface area contributed by atoms with E-state index in [2.05, 4.69) is 5.32 Å². The first-order valence-corrected chi connectivity index (χ1v) is 8.46. The van der Waals surface area contributed by atoms with Gasteiger partial charge in [0.25, 0.3) is 5.92 Å². The van der Waals surface area contributed by atoms with E-state index in [1.54, 1.807) is 31.4 Å². The zero-order chi connectivity index (χ0) is 16.7. The van der Waals surface area contributed by atoms with Crippen molar-refractivity contribution in [2.24, 2.45) is 0 Å². The molecule has 1 heterocycles. The largest absolute Gasteiger partial charge is 0.497 e. The standard InChI is InChI=1S/C20H21F2NO/c1-24-16-4-2-3-14(11-16)19-18-15(12-20(19,21)22)6-5-13-7-9-23-10-8-17(13)18/h2-6,11,19,23H,7-10,12H2,1H3. The van der Waals surface area contributed by atoms with Gasteiger partial charge in [-0.25, -0.2) is 8.78 Å². The number of ether oxygens (including phenoxy) is 1. The average molecular weight is 329 g/mol. The topological polar surface area (TPSA) is 21.3 Å². The highest BCUT2D eigenvalue weighted by Crippen LogP contribution is 2.51. The molecule has 2 aromatic rings. The van der Waals surface area contributed by atoms with Crippen LogP contribution in [0.2, 0.25) is 0 Å². The molecular weight excluding hydrogens is 308 g/mol. The lowest BCUT2D eigenvalue weighted by Gasteiger charge is -2.23. The molecule has 24 heavy (non-hydrogen) atoms. The van der Waals surface area contributed by atoms with Crippen molar-refractivity contribution in [1.29, 1.82) is 0 Å². The fraction of sp³-hybridized carbons (Fsp3) is 0.400. The molecule has 0 saturated heterocycles. The van der Waals surface area contributed by atoms with Crippen LogP contribution in [-0.4, -0.2) is 26.1 Å². The van der Waals surface area contributed by atoms with Gasteiger partial charge in [-0.2, -0.15) is 0 Å². The van der Waals surface area contributed by atoms with Gasteiger partial charge in [0.05, 0.1) is 13.0 Å². The molecule has 2 aliphatic rings. The lowest BCUT2D eigenvalue weighted by molar-refractivity contribution is -0.00374. The molecule has 0 bridgehead atoms. The number of methoxy groups -OCH3 is 1. The highest BCUT2D eigenvalue weighted by atomic mass is 19.3. The molecule has 2 aromatic carbocycles. The van der Waals surface area contributed by atoms with Crippen LogP contribution in [0.3, 0.4) is 0 Å². The van der Waals surface area contributed by atoms with E-state index in [-0.39, 0.29) is 6.42 Å². The summed E-state index contributed by atoms with van der Waals surface area (Å²) < 4.78 is 35.1. The number of benzene rings is 2. The van der Waals surface area contributed by atoms with Gasteiger partial charge in [0.2, 0.25) is 0 Å². The second-order valence-electron chi connectivity index (χ2n) is 6.67. The van der Waals surface area contributed by atoms with Crippen molar-refractivity contribution in [3.8, 4) is 5.75 Å². The smallest absolute Gasteiger partial charge is 0.262 e. The van der Waals surface area contributed by atoms with E-state index >= 15 is 0 Å². The summed E-state index contributed by atoms with van der Waals surface area (Å²) in [6.07, 6.45) is 1.54. The Hall–Kier alpha value is -1.94. The Labute approximate surface area is 140 Å². The van der Waals surface area contributed by atoms with Crippen molar-refractivity contribution in [3.05, 3.63) is 64.2 Å². The van der Waals surface area contributed by atoms with Gasteiger partial charge in [0.1, 0.15) is 5.75 Å². The van der Waals surface area contributed by atoms with Gasteiger partial charge in [-0.3, -0.25) is 0 Å². The van der Waals surface area contributed by atoms with Crippen LogP contribution < -0.4 is 10.1 Å². The summed E-state index contributed by atoms with van der Waals surface area (Å²) in [6.45, 7) is 1.76. The summed E-state index contributed by atoms with van der Waals surface area (Å²) in [4.78, 5) is 0. The third-order valence-electron chi connectivity index (χ3n) is 5.23. The first kappa shape index (κ1) is 15.6. The van der Waals surface area contributed by atoms with E-state index < -0.39 is 11.8 Å². The quantitative estimate of drug-likeness (QED) is 0.907. The molecule has 0 spiro atoms. The number of hydrogen-bond donors (Lipinski definition) is 1. The average Bonchev–Trinajstić information content (AvgIpc) is 2.73. The van der Waals surface area contributed by atoms with Crippen molar-refractivity contribution in [2.75, 3.05) is 20.2 Å². The van der Waals surface area contributed by atoms with Crippen LogP contribution in [0.4, 0.5) is 8.78 Å². The molecule has 0 saturated carbocycles. The summed E-state index contributed by atoms with van der Waals surface area (Å²) in [5.41, 5.74) is 4.64. The fourth-order valence-electron chi connectivity index (χ4n) is 4.16. The normalized spacial score (nSPS) is 21.7. The van der Waals surface area contributed by atoms with E-state index in [1.807, 2.05) is 12.1 Å². The molecule has 4 rings (SSSR count). The van der Waals surface area contributed by atoms with Crippen molar-refractivity contribution < 1.29 is 13.5 Å². The Bertz CT molecular complexity index is 772. The van der Waals surface area contributed by atoms with Gasteiger partial charge in [0, 0.05) is 6.42 Å². The molecule has 0 fully saturated rings. The Morgan fingerprint density at radius 2 is 1.88 bits per heavy atom. The molecule has 0 amide bonds. The third-order valence-corrected chi connectivity index (χ3v) is 5.23. The number of nitrogens with one attached hydrogen (secondary N) is 1. The summed E-state index contributed by atoms with van der Waals surface area (Å²) >= 11 is 0. The lowest BCUT2D eigenvalue weighted by Crippen LogP contribution is -2.24. The van der Waals surface area contributed by atoms with Crippen LogP contribution in [0.25, 0.3) is 0 Å². The fourth-order valence-corrected chi connectivity index (χ4v) is 4.16. The molecule has 2 nitrogen and oxygen atoms in total. The van der Waals surface area contributed by atoms with Crippen LogP contribution in [0.5, 0.6) is 5.75 Å². The molecule has 1 atom stereocenters. The third kappa shape index (κ3) is 2.49. The molecule has 126 valence electrons. The van der Waals surface area contributed by atoms with E-state index in [9.17, 15) is 8.78 Å². The number of rotatable bonds is 2. The molecular formula is C20H21F2NO. The number of fused-ring (bicyclic) bond motifs is 3. The van der Waals surface area contributed by atoms with Gasteiger partial charge in [0.15, 0.2) is 0 Å². The van der Waals surface area contributed by atoms with E-state index in [4.69, 9.17) is 4.74 Å². The van der Waals surface area contributed by atoms with E-state index in [0.29, 0.717) is 11.3 Å². The summed E-state index contributed by atoms with van der Waals surface area (Å²) in [5.74, 6) is -3.01. The van der Waals surface area contributed by atoms with Gasteiger partial charge in [-0.15, -0.1) is 0 Å². The van der Waals surface area contributed by atoms with Crippen LogP contribution >= 0.6 is 0 Å². The maximum atomic E-state index is 14.9. The molecule has 1 aliphatic heterocycles. The minimum atomic E-state index is -2.76. The summed E-state index contributed by atoms with van der Waals surface area (Å²) in [7, 11) is 1.57. The van der Waals surface area contributed by atoms with Crippen LogP contribution in [-0.2, 0) is 19.3 Å². The molecule has 1 unspecified atom stereocenters.